The van der Waals surface area contributed by atoms with Crippen molar-refractivity contribution in [2.75, 3.05) is 7.11 Å². The fourth-order valence-electron chi connectivity index (χ4n) is 2.09. The third kappa shape index (κ3) is 3.80. The first-order valence-electron chi connectivity index (χ1n) is 6.37. The molecule has 0 heterocycles. The van der Waals surface area contributed by atoms with E-state index in [2.05, 4.69) is 0 Å². The van der Waals surface area contributed by atoms with Crippen LogP contribution < -0.4 is 5.73 Å². The van der Waals surface area contributed by atoms with E-state index in [-0.39, 0.29) is 17.5 Å². The summed E-state index contributed by atoms with van der Waals surface area (Å²) in [7, 11) is 1.53. The van der Waals surface area contributed by atoms with Crippen molar-refractivity contribution in [3.63, 3.8) is 0 Å². The molecule has 5 heteroatoms. The quantitative estimate of drug-likeness (QED) is 0.915. The molecule has 0 aliphatic carbocycles. The van der Waals surface area contributed by atoms with Crippen molar-refractivity contribution in [1.82, 2.24) is 0 Å². The van der Waals surface area contributed by atoms with Gasteiger partial charge < -0.3 is 10.5 Å². The predicted molar refractivity (Wildman–Crippen MR) is 80.4 cm³/mol. The molecule has 0 bridgehead atoms. The van der Waals surface area contributed by atoms with Crippen LogP contribution in [-0.2, 0) is 9.53 Å². The summed E-state index contributed by atoms with van der Waals surface area (Å²) in [5.41, 5.74) is 7.76. The van der Waals surface area contributed by atoms with Gasteiger partial charge in [-0.2, -0.15) is 0 Å². The van der Waals surface area contributed by atoms with E-state index >= 15 is 0 Å². The Balaban J connectivity index is 2.25. The zero-order chi connectivity index (χ0) is 15.4. The number of hydrogen-bond donors (Lipinski definition) is 1. The van der Waals surface area contributed by atoms with E-state index < -0.39 is 11.7 Å². The minimum absolute atomic E-state index is 0.0834. The molecular weight excluding hydrogens is 293 g/mol. The Kier molecular flexibility index (Phi) is 4.94. The molecule has 0 aliphatic heterocycles. The molecular formula is C16H15ClFNO2. The molecule has 1 unspecified atom stereocenters. The van der Waals surface area contributed by atoms with Gasteiger partial charge in [0.2, 0.25) is 5.91 Å². The Morgan fingerprint density at radius 1 is 1.24 bits per heavy atom. The first kappa shape index (κ1) is 15.5. The number of hydrogen-bond acceptors (Lipinski definition) is 2. The van der Waals surface area contributed by atoms with Crippen molar-refractivity contribution in [2.45, 2.75) is 12.5 Å². The summed E-state index contributed by atoms with van der Waals surface area (Å²) in [6.07, 6.45) is -0.244. The van der Waals surface area contributed by atoms with Crippen molar-refractivity contribution in [1.29, 1.82) is 0 Å². The Morgan fingerprint density at radius 3 is 2.38 bits per heavy atom. The summed E-state index contributed by atoms with van der Waals surface area (Å²) < 4.78 is 18.4. The number of nitrogens with two attached hydrogens (primary N) is 1. The number of rotatable bonds is 5. The highest BCUT2D eigenvalue weighted by molar-refractivity contribution is 6.31. The van der Waals surface area contributed by atoms with Crippen molar-refractivity contribution >= 4 is 17.5 Å². The van der Waals surface area contributed by atoms with Crippen LogP contribution >= 0.6 is 11.6 Å². The van der Waals surface area contributed by atoms with E-state index in [0.29, 0.717) is 0 Å². The van der Waals surface area contributed by atoms with Crippen LogP contribution in [-0.4, -0.2) is 13.0 Å². The summed E-state index contributed by atoms with van der Waals surface area (Å²) in [6, 6.07) is 12.0. The Hall–Kier alpha value is -1.91. The van der Waals surface area contributed by atoms with Gasteiger partial charge in [0.05, 0.1) is 17.5 Å². The van der Waals surface area contributed by atoms with Crippen LogP contribution in [0.15, 0.2) is 42.5 Å². The van der Waals surface area contributed by atoms with Crippen LogP contribution in [0.25, 0.3) is 11.1 Å². The first-order chi connectivity index (χ1) is 10.0. The molecule has 2 aromatic rings. The largest absolute Gasteiger partial charge is 0.376 e. The highest BCUT2D eigenvalue weighted by atomic mass is 35.5. The number of benzene rings is 2. The molecule has 110 valence electrons. The number of amides is 1. The van der Waals surface area contributed by atoms with E-state index in [0.717, 1.165) is 16.7 Å². The van der Waals surface area contributed by atoms with Gasteiger partial charge in [0.25, 0.3) is 0 Å². The third-order valence-electron chi connectivity index (χ3n) is 3.21. The van der Waals surface area contributed by atoms with Crippen LogP contribution in [0.4, 0.5) is 4.39 Å². The molecule has 0 aliphatic rings. The smallest absolute Gasteiger partial charge is 0.220 e. The third-order valence-corrected chi connectivity index (χ3v) is 3.50. The summed E-state index contributed by atoms with van der Waals surface area (Å²) >= 11 is 5.78. The van der Waals surface area contributed by atoms with Crippen LogP contribution in [0.2, 0.25) is 5.02 Å². The molecule has 0 saturated carbocycles. The van der Waals surface area contributed by atoms with E-state index in [1.165, 1.54) is 13.2 Å². The first-order valence-corrected chi connectivity index (χ1v) is 6.75. The van der Waals surface area contributed by atoms with Crippen LogP contribution in [0, 0.1) is 5.82 Å². The van der Waals surface area contributed by atoms with Gasteiger partial charge in [-0.05, 0) is 28.8 Å². The Labute approximate surface area is 127 Å². The number of carbonyl (C=O) groups is 1. The standard InChI is InChI=1S/C16H15ClFNO2/c1-21-15(9-16(19)20)11-4-2-10(3-5-11)12-6-7-14(18)13(17)8-12/h2-8,15H,9H2,1H3,(H2,19,20). The van der Waals surface area contributed by atoms with Gasteiger partial charge in [-0.15, -0.1) is 0 Å². The Morgan fingerprint density at radius 2 is 1.86 bits per heavy atom. The number of carbonyl (C=O) groups excluding carboxylic acids is 1. The number of ether oxygens (including phenoxy) is 1. The fraction of sp³-hybridized carbons (Fsp3) is 0.188. The summed E-state index contributed by atoms with van der Waals surface area (Å²) in [6.45, 7) is 0. The second-order valence-electron chi connectivity index (χ2n) is 4.65. The summed E-state index contributed by atoms with van der Waals surface area (Å²) in [4.78, 5) is 11.0. The van der Waals surface area contributed by atoms with E-state index in [4.69, 9.17) is 22.1 Å². The van der Waals surface area contributed by atoms with Gasteiger partial charge in [-0.25, -0.2) is 4.39 Å². The molecule has 0 radical (unpaired) electrons. The van der Waals surface area contributed by atoms with Gasteiger partial charge in [-0.1, -0.05) is 41.9 Å². The molecule has 1 atom stereocenters. The lowest BCUT2D eigenvalue weighted by molar-refractivity contribution is -0.120. The molecule has 2 aromatic carbocycles. The average Bonchev–Trinajstić information content (AvgIpc) is 2.47. The van der Waals surface area contributed by atoms with Crippen molar-refractivity contribution in [3.8, 4) is 11.1 Å². The Bertz CT molecular complexity index is 643. The molecule has 0 fully saturated rings. The minimum atomic E-state index is -0.446. The molecule has 2 N–H and O–H groups in total. The van der Waals surface area contributed by atoms with Crippen LogP contribution in [0.5, 0.6) is 0 Å². The maximum atomic E-state index is 13.2. The topological polar surface area (TPSA) is 52.3 Å². The normalized spacial score (nSPS) is 12.1. The van der Waals surface area contributed by atoms with Gasteiger partial charge in [-0.3, -0.25) is 4.79 Å². The second kappa shape index (κ2) is 6.70. The molecule has 1 amide bonds. The van der Waals surface area contributed by atoms with Crippen molar-refractivity contribution in [2.24, 2.45) is 5.73 Å². The van der Waals surface area contributed by atoms with Crippen LogP contribution in [0.1, 0.15) is 18.1 Å². The second-order valence-corrected chi connectivity index (χ2v) is 5.05. The molecule has 0 spiro atoms. The summed E-state index contributed by atoms with van der Waals surface area (Å²) in [5.74, 6) is -0.866. The molecule has 0 saturated heterocycles. The molecule has 21 heavy (non-hydrogen) atoms. The number of methoxy groups -OCH3 is 1. The maximum Gasteiger partial charge on any atom is 0.220 e. The number of primary amides is 1. The van der Waals surface area contributed by atoms with Crippen LogP contribution in [0.3, 0.4) is 0 Å². The summed E-state index contributed by atoms with van der Waals surface area (Å²) in [5, 5.41) is 0.0834. The van der Waals surface area contributed by atoms with Crippen molar-refractivity contribution in [3.05, 3.63) is 58.9 Å². The van der Waals surface area contributed by atoms with Gasteiger partial charge in [0, 0.05) is 7.11 Å². The zero-order valence-corrected chi connectivity index (χ0v) is 12.2. The highest BCUT2D eigenvalue weighted by Crippen LogP contribution is 2.27. The monoisotopic (exact) mass is 307 g/mol. The number of halogens is 2. The minimum Gasteiger partial charge on any atom is -0.376 e. The van der Waals surface area contributed by atoms with E-state index in [9.17, 15) is 9.18 Å². The van der Waals surface area contributed by atoms with Crippen molar-refractivity contribution < 1.29 is 13.9 Å². The average molecular weight is 308 g/mol. The fourth-order valence-corrected chi connectivity index (χ4v) is 2.27. The van der Waals surface area contributed by atoms with Gasteiger partial charge in [0.15, 0.2) is 0 Å². The van der Waals surface area contributed by atoms with E-state index in [1.807, 2.05) is 24.3 Å². The zero-order valence-electron chi connectivity index (χ0n) is 11.5. The van der Waals surface area contributed by atoms with Gasteiger partial charge >= 0.3 is 0 Å². The molecule has 3 nitrogen and oxygen atoms in total. The lowest BCUT2D eigenvalue weighted by Gasteiger charge is -2.14. The molecule has 0 aromatic heterocycles. The maximum absolute atomic E-state index is 13.2. The van der Waals surface area contributed by atoms with Gasteiger partial charge in [0.1, 0.15) is 5.82 Å². The lowest BCUT2D eigenvalue weighted by Crippen LogP contribution is -2.16. The lowest BCUT2D eigenvalue weighted by atomic mass is 10.0. The molecule has 2 rings (SSSR count). The predicted octanol–water partition coefficient (Wildman–Crippen LogP) is 3.71. The van der Waals surface area contributed by atoms with E-state index in [1.54, 1.807) is 12.1 Å². The highest BCUT2D eigenvalue weighted by Gasteiger charge is 2.13. The SMILES string of the molecule is COC(CC(N)=O)c1ccc(-c2ccc(F)c(Cl)c2)cc1.